The molecule has 20 heavy (non-hydrogen) atoms. The highest BCUT2D eigenvalue weighted by Crippen LogP contribution is 2.44. The van der Waals surface area contributed by atoms with Gasteiger partial charge in [0.25, 0.3) is 0 Å². The Labute approximate surface area is 125 Å². The van der Waals surface area contributed by atoms with Gasteiger partial charge in [-0.1, -0.05) is 18.2 Å². The van der Waals surface area contributed by atoms with E-state index in [1.165, 1.54) is 12.2 Å². The first-order chi connectivity index (χ1) is 9.74. The molecule has 1 aromatic carbocycles. The van der Waals surface area contributed by atoms with Gasteiger partial charge in [0.15, 0.2) is 0 Å². The van der Waals surface area contributed by atoms with Gasteiger partial charge in [-0.15, -0.1) is 0 Å². The van der Waals surface area contributed by atoms with Crippen LogP contribution in [0.4, 0.5) is 0 Å². The highest BCUT2D eigenvalue weighted by atomic mass is 32.2. The van der Waals surface area contributed by atoms with Crippen molar-refractivity contribution in [3.05, 3.63) is 29.8 Å². The van der Waals surface area contributed by atoms with Gasteiger partial charge in [0, 0.05) is 24.0 Å². The van der Waals surface area contributed by atoms with Crippen LogP contribution < -0.4 is 10.5 Å². The highest BCUT2D eigenvalue weighted by molar-refractivity contribution is 7.99. The summed E-state index contributed by atoms with van der Waals surface area (Å²) in [6, 6.07) is 8.16. The summed E-state index contributed by atoms with van der Waals surface area (Å²) >= 11 is 2.01. The van der Waals surface area contributed by atoms with Gasteiger partial charge in [-0.2, -0.15) is 11.8 Å². The Hall–Kier alpha value is -0.710. The third-order valence-corrected chi connectivity index (χ3v) is 5.83. The molecule has 0 saturated carbocycles. The molecule has 3 rings (SSSR count). The molecule has 1 aromatic rings. The van der Waals surface area contributed by atoms with Crippen molar-refractivity contribution in [1.82, 2.24) is 0 Å². The number of thioether (sulfide) groups is 1. The Morgan fingerprint density at radius 2 is 2.30 bits per heavy atom. The van der Waals surface area contributed by atoms with E-state index in [-0.39, 0.29) is 11.6 Å². The third-order valence-electron chi connectivity index (χ3n) is 4.60. The van der Waals surface area contributed by atoms with Gasteiger partial charge < -0.3 is 15.2 Å². The molecule has 2 aliphatic rings. The van der Waals surface area contributed by atoms with Crippen molar-refractivity contribution in [3.63, 3.8) is 0 Å². The highest BCUT2D eigenvalue weighted by Gasteiger charge is 2.42. The summed E-state index contributed by atoms with van der Waals surface area (Å²) < 4.78 is 11.6. The first kappa shape index (κ1) is 14.2. The van der Waals surface area contributed by atoms with Crippen molar-refractivity contribution in [2.75, 3.05) is 25.2 Å². The van der Waals surface area contributed by atoms with Gasteiger partial charge in [-0.05, 0) is 37.0 Å². The first-order valence-electron chi connectivity index (χ1n) is 7.34. The summed E-state index contributed by atoms with van der Waals surface area (Å²) in [5, 5.41) is 0. The summed E-state index contributed by atoms with van der Waals surface area (Å²) in [7, 11) is 1.71. The topological polar surface area (TPSA) is 44.5 Å². The molecule has 0 bridgehead atoms. The largest absolute Gasteiger partial charge is 0.496 e. The molecule has 0 amide bonds. The molecule has 0 aliphatic carbocycles. The van der Waals surface area contributed by atoms with Crippen LogP contribution in [0.5, 0.6) is 5.75 Å². The van der Waals surface area contributed by atoms with Gasteiger partial charge >= 0.3 is 0 Å². The van der Waals surface area contributed by atoms with Gasteiger partial charge in [0.2, 0.25) is 0 Å². The van der Waals surface area contributed by atoms with E-state index in [1.807, 2.05) is 30.0 Å². The molecule has 3 atom stereocenters. The number of ether oxygens (including phenoxy) is 2. The Morgan fingerprint density at radius 1 is 1.45 bits per heavy atom. The Morgan fingerprint density at radius 3 is 3.05 bits per heavy atom. The van der Waals surface area contributed by atoms with Crippen LogP contribution in [0.25, 0.3) is 0 Å². The number of rotatable bonds is 3. The quantitative estimate of drug-likeness (QED) is 0.930. The van der Waals surface area contributed by atoms with Crippen molar-refractivity contribution in [3.8, 4) is 5.75 Å². The van der Waals surface area contributed by atoms with Crippen molar-refractivity contribution in [2.24, 2.45) is 11.7 Å². The van der Waals surface area contributed by atoms with E-state index >= 15 is 0 Å². The second-order valence-corrected chi connectivity index (χ2v) is 6.96. The molecule has 2 heterocycles. The van der Waals surface area contributed by atoms with E-state index in [1.54, 1.807) is 7.11 Å². The van der Waals surface area contributed by atoms with Gasteiger partial charge in [0.1, 0.15) is 5.75 Å². The maximum Gasteiger partial charge on any atom is 0.123 e. The summed E-state index contributed by atoms with van der Waals surface area (Å²) in [6.07, 6.45) is 3.30. The average molecular weight is 293 g/mol. The normalized spacial score (nSPS) is 31.4. The zero-order valence-electron chi connectivity index (χ0n) is 12.0. The lowest BCUT2D eigenvalue weighted by Gasteiger charge is -2.40. The van der Waals surface area contributed by atoms with Gasteiger partial charge in [-0.25, -0.2) is 0 Å². The molecular formula is C16H23NO2S. The maximum absolute atomic E-state index is 6.55. The zero-order chi connectivity index (χ0) is 14.0. The minimum atomic E-state index is 0.0394. The van der Waals surface area contributed by atoms with Crippen LogP contribution in [-0.4, -0.2) is 30.8 Å². The molecule has 2 aliphatic heterocycles. The van der Waals surface area contributed by atoms with Crippen LogP contribution in [0.2, 0.25) is 0 Å². The monoisotopic (exact) mass is 293 g/mol. The predicted molar refractivity (Wildman–Crippen MR) is 83.3 cm³/mol. The molecule has 3 nitrogen and oxygen atoms in total. The lowest BCUT2D eigenvalue weighted by atomic mass is 9.79. The number of benzene rings is 1. The molecule has 2 N–H and O–H groups in total. The number of hydrogen-bond donors (Lipinski definition) is 1. The van der Waals surface area contributed by atoms with Crippen LogP contribution in [0, 0.1) is 5.92 Å². The molecule has 1 spiro atoms. The minimum absolute atomic E-state index is 0.0394. The fourth-order valence-corrected chi connectivity index (χ4v) is 4.81. The van der Waals surface area contributed by atoms with Crippen LogP contribution in [0.3, 0.4) is 0 Å². The first-order valence-corrected chi connectivity index (χ1v) is 8.50. The molecule has 2 saturated heterocycles. The standard InChI is InChI=1S/C16H23NO2S/c1-18-14-5-3-2-4-13(14)15(17)12-6-8-19-16(10-12)7-9-20-11-16/h2-5,12,15H,6-11,17H2,1H3. The van der Waals surface area contributed by atoms with Crippen LogP contribution >= 0.6 is 11.8 Å². The fraction of sp³-hybridized carbons (Fsp3) is 0.625. The minimum Gasteiger partial charge on any atom is -0.496 e. The molecule has 0 aromatic heterocycles. The van der Waals surface area contributed by atoms with Crippen LogP contribution in [-0.2, 0) is 4.74 Å². The summed E-state index contributed by atoms with van der Waals surface area (Å²) in [4.78, 5) is 0. The lowest BCUT2D eigenvalue weighted by Crippen LogP contribution is -2.42. The number of nitrogens with two attached hydrogens (primary N) is 1. The van der Waals surface area contributed by atoms with Gasteiger partial charge in [0.05, 0.1) is 12.7 Å². The summed E-state index contributed by atoms with van der Waals surface area (Å²) in [5.74, 6) is 3.73. The maximum atomic E-state index is 6.55. The number of hydrogen-bond acceptors (Lipinski definition) is 4. The smallest absolute Gasteiger partial charge is 0.123 e. The van der Waals surface area contributed by atoms with E-state index in [0.29, 0.717) is 5.92 Å². The second kappa shape index (κ2) is 5.96. The van der Waals surface area contributed by atoms with E-state index in [0.717, 1.165) is 36.5 Å². The van der Waals surface area contributed by atoms with E-state index in [4.69, 9.17) is 15.2 Å². The predicted octanol–water partition coefficient (Wildman–Crippen LogP) is 3.00. The Kier molecular flexibility index (Phi) is 4.24. The van der Waals surface area contributed by atoms with Crippen molar-refractivity contribution in [1.29, 1.82) is 0 Å². The van der Waals surface area contributed by atoms with Gasteiger partial charge in [-0.3, -0.25) is 0 Å². The SMILES string of the molecule is COc1ccccc1C(N)C1CCOC2(CCSC2)C1. The number of methoxy groups -OCH3 is 1. The van der Waals surface area contributed by atoms with E-state index in [2.05, 4.69) is 6.07 Å². The van der Waals surface area contributed by atoms with Crippen molar-refractivity contribution < 1.29 is 9.47 Å². The Balaban J connectivity index is 1.77. The summed E-state index contributed by atoms with van der Waals surface area (Å²) in [5.41, 5.74) is 7.77. The molecule has 3 unspecified atom stereocenters. The summed E-state index contributed by atoms with van der Waals surface area (Å²) in [6.45, 7) is 0.841. The van der Waals surface area contributed by atoms with Crippen LogP contribution in [0.1, 0.15) is 30.9 Å². The van der Waals surface area contributed by atoms with Crippen molar-refractivity contribution in [2.45, 2.75) is 30.9 Å². The van der Waals surface area contributed by atoms with E-state index < -0.39 is 0 Å². The lowest BCUT2D eigenvalue weighted by molar-refractivity contribution is -0.0835. The molecule has 0 radical (unpaired) electrons. The van der Waals surface area contributed by atoms with Crippen molar-refractivity contribution >= 4 is 11.8 Å². The molecule has 4 heteroatoms. The third kappa shape index (κ3) is 2.69. The molecular weight excluding hydrogens is 270 g/mol. The van der Waals surface area contributed by atoms with E-state index in [9.17, 15) is 0 Å². The zero-order valence-corrected chi connectivity index (χ0v) is 12.8. The second-order valence-electron chi connectivity index (χ2n) is 5.85. The molecule has 110 valence electrons. The molecule has 2 fully saturated rings. The number of para-hydroxylation sites is 1. The van der Waals surface area contributed by atoms with Crippen LogP contribution in [0.15, 0.2) is 24.3 Å². The Bertz CT molecular complexity index is 460. The fourth-order valence-electron chi connectivity index (χ4n) is 3.43. The average Bonchev–Trinajstić information content (AvgIpc) is 2.94.